The lowest BCUT2D eigenvalue weighted by Gasteiger charge is -2.28. The molecule has 6 rings (SSSR count). The van der Waals surface area contributed by atoms with Crippen molar-refractivity contribution < 1.29 is 23.8 Å². The van der Waals surface area contributed by atoms with E-state index in [4.69, 9.17) is 19.2 Å². The van der Waals surface area contributed by atoms with Gasteiger partial charge in [0.2, 0.25) is 23.0 Å². The number of carbonyl (C=O) groups is 2. The van der Waals surface area contributed by atoms with Gasteiger partial charge in [0.15, 0.2) is 11.5 Å². The van der Waals surface area contributed by atoms with E-state index >= 15 is 0 Å². The van der Waals surface area contributed by atoms with Crippen molar-refractivity contribution in [2.75, 3.05) is 45.2 Å². The molecule has 1 aliphatic carbocycles. The number of fused-ring (bicyclic) bond motifs is 4. The van der Waals surface area contributed by atoms with E-state index in [0.29, 0.717) is 54.3 Å². The summed E-state index contributed by atoms with van der Waals surface area (Å²) in [5.74, 6) is 1.96. The number of nitrogens with zero attached hydrogens (tertiary/aromatic N) is 2. The average Bonchev–Trinajstić information content (AvgIpc) is 3.70. The van der Waals surface area contributed by atoms with Crippen molar-refractivity contribution in [2.24, 2.45) is 0 Å². The smallest absolute Gasteiger partial charge is 0.245 e. The second-order valence-electron chi connectivity index (χ2n) is 12.3. The maximum Gasteiger partial charge on any atom is 0.245 e. The molecule has 0 saturated carbocycles. The fourth-order valence-corrected chi connectivity index (χ4v) is 8.61. The number of methoxy groups -OCH3 is 3. The van der Waals surface area contributed by atoms with Gasteiger partial charge in [-0.2, -0.15) is 11.8 Å². The Hall–Kier alpha value is -4.29. The monoisotopic (exact) mass is 702 g/mol. The maximum atomic E-state index is 14.3. The van der Waals surface area contributed by atoms with Gasteiger partial charge in [0, 0.05) is 19.0 Å². The fourth-order valence-electron chi connectivity index (χ4n) is 7.03. The highest BCUT2D eigenvalue weighted by Gasteiger charge is 2.36. The normalized spacial score (nSPS) is 17.4. The Labute approximate surface area is 294 Å². The molecule has 1 fully saturated rings. The van der Waals surface area contributed by atoms with E-state index in [1.807, 2.05) is 41.5 Å². The van der Waals surface area contributed by atoms with Crippen LogP contribution in [0.3, 0.4) is 0 Å². The van der Waals surface area contributed by atoms with Crippen LogP contribution < -0.4 is 30.3 Å². The van der Waals surface area contributed by atoms with Crippen LogP contribution in [-0.4, -0.2) is 67.6 Å². The van der Waals surface area contributed by atoms with Gasteiger partial charge >= 0.3 is 0 Å². The third-order valence-electron chi connectivity index (χ3n) is 9.29. The highest BCUT2D eigenvalue weighted by molar-refractivity contribution is 7.98. The van der Waals surface area contributed by atoms with Gasteiger partial charge in [0.05, 0.1) is 49.3 Å². The quantitative estimate of drug-likeness (QED) is 0.184. The van der Waals surface area contributed by atoms with Crippen molar-refractivity contribution in [3.05, 3.63) is 74.9 Å². The molecule has 10 nitrogen and oxygen atoms in total. The number of carbonyl (C=O) groups excluding carboxylic acids is 2. The summed E-state index contributed by atoms with van der Waals surface area (Å²) < 4.78 is 18.4. The first-order valence-electron chi connectivity index (χ1n) is 16.5. The summed E-state index contributed by atoms with van der Waals surface area (Å²) in [6.45, 7) is 2.11. The second kappa shape index (κ2) is 15.1. The zero-order chi connectivity index (χ0) is 34.7. The molecule has 49 heavy (non-hydrogen) atoms. The summed E-state index contributed by atoms with van der Waals surface area (Å²) in [4.78, 5) is 47.6. The van der Waals surface area contributed by atoms with E-state index in [0.717, 1.165) is 50.5 Å². The Morgan fingerprint density at radius 2 is 1.86 bits per heavy atom. The largest absolute Gasteiger partial charge is 0.493 e. The molecule has 258 valence electrons. The zero-order valence-electron chi connectivity index (χ0n) is 28.5. The number of hydrogen-bond acceptors (Lipinski definition) is 10. The first-order chi connectivity index (χ1) is 23.8. The van der Waals surface area contributed by atoms with Gasteiger partial charge in [-0.3, -0.25) is 14.4 Å². The van der Waals surface area contributed by atoms with Gasteiger partial charge in [-0.1, -0.05) is 18.2 Å². The number of para-hydroxylation sites is 1. The summed E-state index contributed by atoms with van der Waals surface area (Å²) >= 11 is 3.30. The standard InChI is InChI=1S/C37H42N4O6S2/c1-21(42)38-25-14-12-22-19-31(45-2)34(46-3)35(47-4)33(22)23-13-15-26(30(43)20-24(23)25)39-28(16-18-48-5)37(44)41-17-8-10-29(41)36-40-27-9-6-7-11-32(27)49-36/h6-7,9,11,13,15,19-20,25,28-29H,8,10,12,14,16-18H2,1-5H3,(H,38,42)(H,39,43)/t25-,28-,29-/m0/s1. The average molecular weight is 703 g/mol. The Morgan fingerprint density at radius 3 is 2.57 bits per heavy atom. The van der Waals surface area contributed by atoms with Crippen LogP contribution in [0, 0.1) is 0 Å². The molecule has 4 aromatic rings. The minimum absolute atomic E-state index is 0.0387. The van der Waals surface area contributed by atoms with Gasteiger partial charge in [-0.05, 0) is 91.1 Å². The lowest BCUT2D eigenvalue weighted by atomic mass is 9.95. The van der Waals surface area contributed by atoms with Crippen LogP contribution >= 0.6 is 23.1 Å². The Bertz CT molecular complexity index is 1900. The molecule has 0 spiro atoms. The number of thioether (sulfide) groups is 1. The minimum Gasteiger partial charge on any atom is -0.493 e. The molecule has 2 amide bonds. The number of aryl methyl sites for hydroxylation is 1. The fraction of sp³-hybridized carbons (Fsp3) is 0.405. The number of benzene rings is 2. The molecule has 3 atom stereocenters. The number of anilines is 1. The van der Waals surface area contributed by atoms with Crippen LogP contribution in [0.25, 0.3) is 21.3 Å². The molecule has 12 heteroatoms. The number of likely N-dealkylation sites (tertiary alicyclic amines) is 1. The molecular weight excluding hydrogens is 661 g/mol. The number of rotatable bonds is 11. The van der Waals surface area contributed by atoms with E-state index in [-0.39, 0.29) is 23.3 Å². The Kier molecular flexibility index (Phi) is 10.6. The van der Waals surface area contributed by atoms with Gasteiger partial charge in [0.25, 0.3) is 0 Å². The predicted octanol–water partition coefficient (Wildman–Crippen LogP) is 6.37. The van der Waals surface area contributed by atoms with Crippen LogP contribution in [0.5, 0.6) is 17.2 Å². The van der Waals surface area contributed by atoms with Crippen molar-refractivity contribution in [1.82, 2.24) is 15.2 Å². The highest BCUT2D eigenvalue weighted by Crippen LogP contribution is 2.50. The first-order valence-corrected chi connectivity index (χ1v) is 18.7. The van der Waals surface area contributed by atoms with Gasteiger partial charge in [-0.25, -0.2) is 4.98 Å². The van der Waals surface area contributed by atoms with E-state index in [1.54, 1.807) is 56.6 Å². The van der Waals surface area contributed by atoms with Crippen LogP contribution in [-0.2, 0) is 16.0 Å². The number of aromatic nitrogens is 1. The number of thiazole rings is 1. The Balaban J connectivity index is 1.41. The van der Waals surface area contributed by atoms with Crippen LogP contribution in [0.1, 0.15) is 60.8 Å². The van der Waals surface area contributed by atoms with Gasteiger partial charge in [0.1, 0.15) is 11.0 Å². The summed E-state index contributed by atoms with van der Waals surface area (Å²) in [7, 11) is 4.71. The molecule has 2 N–H and O–H groups in total. The lowest BCUT2D eigenvalue weighted by Crippen LogP contribution is -2.43. The third kappa shape index (κ3) is 6.94. The molecule has 2 aliphatic rings. The summed E-state index contributed by atoms with van der Waals surface area (Å²) in [5, 5.41) is 7.36. The molecular formula is C37H42N4O6S2. The molecule has 0 radical (unpaired) electrons. The highest BCUT2D eigenvalue weighted by atomic mass is 32.2. The van der Waals surface area contributed by atoms with Crippen molar-refractivity contribution in [3.8, 4) is 28.4 Å². The molecule has 0 unspecified atom stereocenters. The van der Waals surface area contributed by atoms with Crippen molar-refractivity contribution >= 4 is 50.8 Å². The number of ether oxygens (including phenoxy) is 3. The topological polar surface area (TPSA) is 119 Å². The molecule has 2 heterocycles. The SMILES string of the molecule is COc1cc2c(c(OC)c1OC)-c1ccc(N[C@@H](CCSC)C(=O)N3CCC[C@H]3c3nc4ccccc4s3)c(=O)cc1[C@@H](NC(C)=O)CC2. The van der Waals surface area contributed by atoms with Crippen molar-refractivity contribution in [3.63, 3.8) is 0 Å². The molecule has 0 bridgehead atoms. The zero-order valence-corrected chi connectivity index (χ0v) is 30.1. The minimum atomic E-state index is -0.616. The third-order valence-corrected chi connectivity index (χ3v) is 11.1. The lowest BCUT2D eigenvalue weighted by molar-refractivity contribution is -0.133. The number of hydrogen-bond donors (Lipinski definition) is 2. The first kappa shape index (κ1) is 34.6. The van der Waals surface area contributed by atoms with E-state index in [9.17, 15) is 14.4 Å². The Morgan fingerprint density at radius 1 is 1.06 bits per heavy atom. The van der Waals surface area contributed by atoms with Crippen molar-refractivity contribution in [2.45, 2.75) is 57.2 Å². The van der Waals surface area contributed by atoms with E-state index in [1.165, 1.54) is 6.92 Å². The molecule has 1 aromatic heterocycles. The number of amides is 2. The molecule has 1 aliphatic heterocycles. The van der Waals surface area contributed by atoms with Crippen LogP contribution in [0.15, 0.2) is 53.3 Å². The van der Waals surface area contributed by atoms with Gasteiger partial charge in [-0.15, -0.1) is 11.3 Å². The van der Waals surface area contributed by atoms with Crippen molar-refractivity contribution in [1.29, 1.82) is 0 Å². The molecule has 1 saturated heterocycles. The predicted molar refractivity (Wildman–Crippen MR) is 196 cm³/mol. The molecule has 3 aromatic carbocycles. The van der Waals surface area contributed by atoms with E-state index in [2.05, 4.69) is 16.7 Å². The second-order valence-corrected chi connectivity index (χ2v) is 14.3. The van der Waals surface area contributed by atoms with Crippen LogP contribution in [0.4, 0.5) is 5.69 Å². The van der Waals surface area contributed by atoms with Crippen LogP contribution in [0.2, 0.25) is 0 Å². The van der Waals surface area contributed by atoms with E-state index < -0.39 is 12.1 Å². The van der Waals surface area contributed by atoms with Gasteiger partial charge < -0.3 is 29.7 Å². The summed E-state index contributed by atoms with van der Waals surface area (Å²) in [6, 6.07) is 14.0. The number of nitrogens with one attached hydrogen (secondary N) is 2. The summed E-state index contributed by atoms with van der Waals surface area (Å²) in [6.07, 6.45) is 5.45. The summed E-state index contributed by atoms with van der Waals surface area (Å²) in [5.41, 5.74) is 4.10. The maximum absolute atomic E-state index is 14.3.